The fourth-order valence-corrected chi connectivity index (χ4v) is 1.86. The van der Waals surface area contributed by atoms with Gasteiger partial charge in [-0.3, -0.25) is 4.79 Å². The highest BCUT2D eigenvalue weighted by molar-refractivity contribution is 6.36. The lowest BCUT2D eigenvalue weighted by Crippen LogP contribution is -2.28. The molecule has 1 aliphatic rings. The standard InChI is InChI=1S/C14H13ClO/c1-11(16)14(15)9-7-13(8-10-14)12-5-3-2-4-6-12/h2-9H,10H2,1H3. The molecule has 1 unspecified atom stereocenters. The van der Waals surface area contributed by atoms with Gasteiger partial charge in [0.05, 0.1) is 0 Å². The molecule has 0 saturated carbocycles. The topological polar surface area (TPSA) is 17.1 Å². The number of ketones is 1. The predicted octanol–water partition coefficient (Wildman–Crippen LogP) is 3.60. The molecule has 1 aromatic carbocycles. The molecule has 0 spiro atoms. The minimum absolute atomic E-state index is 0.00576. The monoisotopic (exact) mass is 232 g/mol. The Bertz CT molecular complexity index is 459. The Labute approximate surface area is 100 Å². The molecule has 16 heavy (non-hydrogen) atoms. The van der Waals surface area contributed by atoms with E-state index in [1.807, 2.05) is 42.5 Å². The third-order valence-electron chi connectivity index (χ3n) is 2.84. The van der Waals surface area contributed by atoms with Crippen LogP contribution in [0.1, 0.15) is 18.9 Å². The van der Waals surface area contributed by atoms with E-state index in [9.17, 15) is 4.79 Å². The van der Waals surface area contributed by atoms with Crippen LogP contribution in [0.4, 0.5) is 0 Å². The van der Waals surface area contributed by atoms with E-state index in [0.29, 0.717) is 6.42 Å². The number of allylic oxidation sites excluding steroid dienone is 4. The van der Waals surface area contributed by atoms with Crippen LogP contribution >= 0.6 is 11.6 Å². The van der Waals surface area contributed by atoms with Gasteiger partial charge in [0.15, 0.2) is 5.78 Å². The minimum atomic E-state index is -0.835. The zero-order valence-corrected chi connectivity index (χ0v) is 9.87. The zero-order chi connectivity index (χ0) is 11.6. The van der Waals surface area contributed by atoms with Crippen molar-refractivity contribution in [2.45, 2.75) is 18.2 Å². The van der Waals surface area contributed by atoms with Crippen LogP contribution in [0.2, 0.25) is 0 Å². The van der Waals surface area contributed by atoms with Gasteiger partial charge in [-0.1, -0.05) is 48.6 Å². The Morgan fingerprint density at radius 3 is 2.50 bits per heavy atom. The van der Waals surface area contributed by atoms with Crippen molar-refractivity contribution < 1.29 is 4.79 Å². The Hall–Kier alpha value is -1.34. The van der Waals surface area contributed by atoms with E-state index in [-0.39, 0.29) is 5.78 Å². The van der Waals surface area contributed by atoms with Crippen LogP contribution in [0.5, 0.6) is 0 Å². The van der Waals surface area contributed by atoms with Crippen molar-refractivity contribution >= 4 is 23.0 Å². The van der Waals surface area contributed by atoms with Crippen molar-refractivity contribution in [3.05, 3.63) is 54.1 Å². The molecule has 0 aromatic heterocycles. The average Bonchev–Trinajstić information content (AvgIpc) is 2.31. The van der Waals surface area contributed by atoms with E-state index in [1.54, 1.807) is 6.08 Å². The molecule has 0 N–H and O–H groups in total. The Balaban J connectivity index is 2.23. The van der Waals surface area contributed by atoms with Crippen LogP contribution in [-0.4, -0.2) is 10.7 Å². The number of hydrogen-bond acceptors (Lipinski definition) is 1. The summed E-state index contributed by atoms with van der Waals surface area (Å²) in [5.74, 6) is -0.00576. The quantitative estimate of drug-likeness (QED) is 0.713. The molecule has 2 rings (SSSR count). The smallest absolute Gasteiger partial charge is 0.154 e. The SMILES string of the molecule is CC(=O)C1(Cl)C=CC(c2ccccc2)=CC1. The summed E-state index contributed by atoms with van der Waals surface area (Å²) in [6, 6.07) is 10.1. The number of carbonyl (C=O) groups is 1. The number of Topliss-reactive ketones (excluding diaryl/α,β-unsaturated/α-hetero) is 1. The Kier molecular flexibility index (Phi) is 2.97. The average molecular weight is 233 g/mol. The first-order valence-corrected chi connectivity index (χ1v) is 5.64. The summed E-state index contributed by atoms with van der Waals surface area (Å²) in [5.41, 5.74) is 2.28. The number of halogens is 1. The van der Waals surface area contributed by atoms with E-state index in [4.69, 9.17) is 11.6 Å². The normalized spacial score (nSPS) is 24.0. The first kappa shape index (κ1) is 11.2. The van der Waals surface area contributed by atoms with Gasteiger partial charge in [0.1, 0.15) is 4.87 Å². The van der Waals surface area contributed by atoms with Gasteiger partial charge in [0, 0.05) is 0 Å². The molecule has 0 amide bonds. The lowest BCUT2D eigenvalue weighted by molar-refractivity contribution is -0.118. The highest BCUT2D eigenvalue weighted by Crippen LogP contribution is 2.32. The van der Waals surface area contributed by atoms with E-state index >= 15 is 0 Å². The molecule has 0 fully saturated rings. The van der Waals surface area contributed by atoms with Crippen molar-refractivity contribution in [2.24, 2.45) is 0 Å². The summed E-state index contributed by atoms with van der Waals surface area (Å²) < 4.78 is 0. The van der Waals surface area contributed by atoms with Crippen molar-refractivity contribution in [2.75, 3.05) is 0 Å². The largest absolute Gasteiger partial charge is 0.298 e. The molecular weight excluding hydrogens is 220 g/mol. The second-order valence-electron chi connectivity index (χ2n) is 3.98. The molecule has 0 radical (unpaired) electrons. The summed E-state index contributed by atoms with van der Waals surface area (Å²) in [6.45, 7) is 1.53. The fourth-order valence-electron chi connectivity index (χ4n) is 1.72. The second kappa shape index (κ2) is 4.26. The zero-order valence-electron chi connectivity index (χ0n) is 9.11. The summed E-state index contributed by atoms with van der Waals surface area (Å²) >= 11 is 6.18. The van der Waals surface area contributed by atoms with E-state index in [0.717, 1.165) is 11.1 Å². The first-order valence-electron chi connectivity index (χ1n) is 5.26. The van der Waals surface area contributed by atoms with Crippen molar-refractivity contribution in [1.29, 1.82) is 0 Å². The molecule has 0 aliphatic heterocycles. The minimum Gasteiger partial charge on any atom is -0.298 e. The lowest BCUT2D eigenvalue weighted by atomic mass is 9.90. The summed E-state index contributed by atoms with van der Waals surface area (Å²) in [7, 11) is 0. The predicted molar refractivity (Wildman–Crippen MR) is 67.4 cm³/mol. The summed E-state index contributed by atoms with van der Waals surface area (Å²) in [5, 5.41) is 0. The van der Waals surface area contributed by atoms with Gasteiger partial charge in [-0.2, -0.15) is 0 Å². The lowest BCUT2D eigenvalue weighted by Gasteiger charge is -2.22. The number of carbonyl (C=O) groups excluding carboxylic acids is 1. The fraction of sp³-hybridized carbons (Fsp3) is 0.214. The molecular formula is C14H13ClO. The molecule has 1 atom stereocenters. The van der Waals surface area contributed by atoms with Crippen LogP contribution in [0.25, 0.3) is 5.57 Å². The van der Waals surface area contributed by atoms with Crippen molar-refractivity contribution in [1.82, 2.24) is 0 Å². The molecule has 2 heteroatoms. The molecule has 0 heterocycles. The van der Waals surface area contributed by atoms with Gasteiger partial charge >= 0.3 is 0 Å². The Morgan fingerprint density at radius 1 is 1.31 bits per heavy atom. The number of benzene rings is 1. The van der Waals surface area contributed by atoms with Gasteiger partial charge in [-0.15, -0.1) is 11.6 Å². The van der Waals surface area contributed by atoms with Crippen molar-refractivity contribution in [3.8, 4) is 0 Å². The third-order valence-corrected chi connectivity index (χ3v) is 3.38. The molecule has 82 valence electrons. The van der Waals surface area contributed by atoms with Crippen LogP contribution < -0.4 is 0 Å². The van der Waals surface area contributed by atoms with Gasteiger partial charge in [-0.25, -0.2) is 0 Å². The molecule has 1 aliphatic carbocycles. The van der Waals surface area contributed by atoms with Gasteiger partial charge in [-0.05, 0) is 24.5 Å². The van der Waals surface area contributed by atoms with Crippen LogP contribution in [0, 0.1) is 0 Å². The Morgan fingerprint density at radius 2 is 2.00 bits per heavy atom. The van der Waals surface area contributed by atoms with Crippen LogP contribution in [0.3, 0.4) is 0 Å². The van der Waals surface area contributed by atoms with Crippen LogP contribution in [0.15, 0.2) is 48.6 Å². The number of alkyl halides is 1. The number of rotatable bonds is 2. The highest BCUT2D eigenvalue weighted by atomic mass is 35.5. The van der Waals surface area contributed by atoms with Gasteiger partial charge in [0.2, 0.25) is 0 Å². The second-order valence-corrected chi connectivity index (χ2v) is 4.66. The van der Waals surface area contributed by atoms with Crippen molar-refractivity contribution in [3.63, 3.8) is 0 Å². The maximum atomic E-state index is 11.4. The maximum Gasteiger partial charge on any atom is 0.154 e. The third kappa shape index (κ3) is 2.10. The maximum absolute atomic E-state index is 11.4. The first-order chi connectivity index (χ1) is 7.62. The molecule has 1 nitrogen and oxygen atoms in total. The molecule has 0 bridgehead atoms. The van der Waals surface area contributed by atoms with E-state index < -0.39 is 4.87 Å². The van der Waals surface area contributed by atoms with Gasteiger partial charge in [0.25, 0.3) is 0 Å². The molecule has 0 saturated heterocycles. The number of hydrogen-bond donors (Lipinski definition) is 0. The molecule has 1 aromatic rings. The van der Waals surface area contributed by atoms with E-state index in [2.05, 4.69) is 0 Å². The summed E-state index contributed by atoms with van der Waals surface area (Å²) in [4.78, 5) is 10.5. The highest BCUT2D eigenvalue weighted by Gasteiger charge is 2.30. The van der Waals surface area contributed by atoms with Gasteiger partial charge < -0.3 is 0 Å². The van der Waals surface area contributed by atoms with Crippen LogP contribution in [-0.2, 0) is 4.79 Å². The summed E-state index contributed by atoms with van der Waals surface area (Å²) in [6.07, 6.45) is 6.29. The van der Waals surface area contributed by atoms with E-state index in [1.165, 1.54) is 6.92 Å².